The third-order valence-corrected chi connectivity index (χ3v) is 4.47. The Kier molecular flexibility index (Phi) is 4.27. The lowest BCUT2D eigenvalue weighted by Crippen LogP contribution is -2.29. The van der Waals surface area contributed by atoms with E-state index < -0.39 is 0 Å². The second kappa shape index (κ2) is 6.77. The lowest BCUT2D eigenvalue weighted by molar-refractivity contribution is 0.0926. The van der Waals surface area contributed by atoms with Crippen LogP contribution in [0.3, 0.4) is 0 Å². The maximum atomic E-state index is 12.6. The zero-order chi connectivity index (χ0) is 19.8. The van der Waals surface area contributed by atoms with Gasteiger partial charge in [-0.05, 0) is 43.3 Å². The Morgan fingerprint density at radius 3 is 2.07 bits per heavy atom. The molecule has 1 aliphatic rings. The molecule has 0 radical (unpaired) electrons. The number of nitrogens with zero attached hydrogens (tertiary/aromatic N) is 4. The quantitative estimate of drug-likeness (QED) is 0.706. The Bertz CT molecular complexity index is 1040. The highest BCUT2D eigenvalue weighted by molar-refractivity contribution is 6.34. The minimum absolute atomic E-state index is 0.302. The van der Waals surface area contributed by atoms with Crippen LogP contribution in [0, 0.1) is 6.92 Å². The number of aromatic nitrogens is 2. The SMILES string of the molecule is Cc1nc(Nc2ccc(N3C(=O)c4ccccc4C3=O)cc2)cc(N(C)C)n1. The number of rotatable bonds is 4. The van der Waals surface area contributed by atoms with Gasteiger partial charge in [-0.2, -0.15) is 0 Å². The molecule has 0 fully saturated rings. The topological polar surface area (TPSA) is 78.4 Å². The average Bonchev–Trinajstić information content (AvgIpc) is 2.93. The molecule has 1 N–H and O–H groups in total. The summed E-state index contributed by atoms with van der Waals surface area (Å²) >= 11 is 0. The Balaban J connectivity index is 1.57. The van der Waals surface area contributed by atoms with E-state index in [1.165, 1.54) is 4.90 Å². The van der Waals surface area contributed by atoms with E-state index >= 15 is 0 Å². The van der Waals surface area contributed by atoms with Crippen LogP contribution in [-0.2, 0) is 0 Å². The van der Waals surface area contributed by atoms with E-state index in [1.54, 1.807) is 36.4 Å². The molecule has 2 aromatic carbocycles. The van der Waals surface area contributed by atoms with Gasteiger partial charge in [0.05, 0.1) is 16.8 Å². The number of hydrogen-bond donors (Lipinski definition) is 1. The van der Waals surface area contributed by atoms with Crippen LogP contribution < -0.4 is 15.1 Å². The third-order valence-electron chi connectivity index (χ3n) is 4.47. The van der Waals surface area contributed by atoms with Crippen LogP contribution in [0.1, 0.15) is 26.5 Å². The standard InChI is InChI=1S/C21H19N5O2/c1-13-22-18(12-19(23-13)25(2)3)24-14-8-10-15(11-9-14)26-20(27)16-6-4-5-7-17(16)21(26)28/h4-12H,1-3H3,(H,22,23,24). The van der Waals surface area contributed by atoms with Crippen molar-refractivity contribution in [1.82, 2.24) is 9.97 Å². The molecular weight excluding hydrogens is 354 g/mol. The second-order valence-electron chi connectivity index (χ2n) is 6.72. The van der Waals surface area contributed by atoms with Crippen molar-refractivity contribution in [3.63, 3.8) is 0 Å². The third kappa shape index (κ3) is 3.07. The number of benzene rings is 2. The largest absolute Gasteiger partial charge is 0.363 e. The molecule has 7 heteroatoms. The van der Waals surface area contributed by atoms with Gasteiger partial charge in [0.25, 0.3) is 11.8 Å². The summed E-state index contributed by atoms with van der Waals surface area (Å²) in [5.74, 6) is 1.53. The van der Waals surface area contributed by atoms with Crippen molar-refractivity contribution in [2.24, 2.45) is 0 Å². The van der Waals surface area contributed by atoms with Crippen LogP contribution in [0.15, 0.2) is 54.6 Å². The Hall–Kier alpha value is -3.74. The van der Waals surface area contributed by atoms with Gasteiger partial charge in [0, 0.05) is 25.8 Å². The molecule has 0 spiro atoms. The summed E-state index contributed by atoms with van der Waals surface area (Å²) in [5.41, 5.74) is 2.19. The molecule has 3 aromatic rings. The molecule has 1 aliphatic heterocycles. The van der Waals surface area contributed by atoms with Crippen molar-refractivity contribution < 1.29 is 9.59 Å². The van der Waals surface area contributed by atoms with Crippen LogP contribution in [0.2, 0.25) is 0 Å². The van der Waals surface area contributed by atoms with Crippen LogP contribution in [0.4, 0.5) is 23.0 Å². The lowest BCUT2D eigenvalue weighted by Gasteiger charge is -2.16. The number of amides is 2. The first-order valence-electron chi connectivity index (χ1n) is 8.82. The van der Waals surface area contributed by atoms with Crippen LogP contribution in [-0.4, -0.2) is 35.9 Å². The van der Waals surface area contributed by atoms with Gasteiger partial charge in [0.1, 0.15) is 17.5 Å². The van der Waals surface area contributed by atoms with Gasteiger partial charge in [-0.1, -0.05) is 12.1 Å². The molecule has 0 aliphatic carbocycles. The summed E-state index contributed by atoms with van der Waals surface area (Å²) in [6.45, 7) is 1.84. The number of imide groups is 1. The first-order chi connectivity index (χ1) is 13.4. The van der Waals surface area contributed by atoms with Gasteiger partial charge < -0.3 is 10.2 Å². The van der Waals surface area contributed by atoms with E-state index in [-0.39, 0.29) is 11.8 Å². The Labute approximate surface area is 162 Å². The molecule has 2 heterocycles. The maximum Gasteiger partial charge on any atom is 0.266 e. The fourth-order valence-corrected chi connectivity index (χ4v) is 3.11. The van der Waals surface area contributed by atoms with Crippen LogP contribution in [0.5, 0.6) is 0 Å². The number of carbonyl (C=O) groups excluding carboxylic acids is 2. The molecule has 140 valence electrons. The first-order valence-corrected chi connectivity index (χ1v) is 8.82. The second-order valence-corrected chi connectivity index (χ2v) is 6.72. The fraction of sp³-hybridized carbons (Fsp3) is 0.143. The zero-order valence-electron chi connectivity index (χ0n) is 15.8. The predicted molar refractivity (Wildman–Crippen MR) is 108 cm³/mol. The van der Waals surface area contributed by atoms with Crippen molar-refractivity contribution in [1.29, 1.82) is 0 Å². The van der Waals surface area contributed by atoms with E-state index in [0.717, 1.165) is 11.5 Å². The minimum atomic E-state index is -0.302. The van der Waals surface area contributed by atoms with Crippen molar-refractivity contribution in [2.45, 2.75) is 6.92 Å². The highest BCUT2D eigenvalue weighted by atomic mass is 16.2. The number of carbonyl (C=O) groups is 2. The van der Waals surface area contributed by atoms with Crippen LogP contribution >= 0.6 is 0 Å². The molecule has 2 amide bonds. The monoisotopic (exact) mass is 373 g/mol. The zero-order valence-corrected chi connectivity index (χ0v) is 15.8. The molecule has 0 saturated heterocycles. The summed E-state index contributed by atoms with van der Waals surface area (Å²) < 4.78 is 0. The van der Waals surface area contributed by atoms with Crippen molar-refractivity contribution >= 4 is 34.8 Å². The Morgan fingerprint density at radius 1 is 0.893 bits per heavy atom. The average molecular weight is 373 g/mol. The van der Waals surface area contributed by atoms with Gasteiger partial charge in [0.15, 0.2) is 0 Å². The predicted octanol–water partition coefficient (Wildman–Crippen LogP) is 3.40. The first kappa shape index (κ1) is 17.7. The molecular formula is C21H19N5O2. The summed E-state index contributed by atoms with van der Waals surface area (Å²) in [7, 11) is 3.84. The highest BCUT2D eigenvalue weighted by Crippen LogP contribution is 2.29. The van der Waals surface area contributed by atoms with E-state index in [9.17, 15) is 9.59 Å². The molecule has 0 bridgehead atoms. The van der Waals surface area contributed by atoms with Gasteiger partial charge >= 0.3 is 0 Å². The normalized spacial score (nSPS) is 12.9. The minimum Gasteiger partial charge on any atom is -0.363 e. The van der Waals surface area contributed by atoms with Crippen molar-refractivity contribution in [2.75, 3.05) is 29.2 Å². The van der Waals surface area contributed by atoms with Gasteiger partial charge in [0.2, 0.25) is 0 Å². The van der Waals surface area contributed by atoms with E-state index in [0.29, 0.717) is 28.5 Å². The van der Waals surface area contributed by atoms with E-state index in [2.05, 4.69) is 15.3 Å². The van der Waals surface area contributed by atoms with Crippen molar-refractivity contribution in [3.8, 4) is 0 Å². The van der Waals surface area contributed by atoms with Gasteiger partial charge in [-0.3, -0.25) is 9.59 Å². The number of anilines is 4. The molecule has 4 rings (SSSR count). The Morgan fingerprint density at radius 2 is 1.50 bits per heavy atom. The summed E-state index contributed by atoms with van der Waals surface area (Å²) in [6, 6.07) is 15.8. The number of nitrogens with one attached hydrogen (secondary N) is 1. The molecule has 0 unspecified atom stereocenters. The number of aryl methyl sites for hydroxylation is 1. The maximum absolute atomic E-state index is 12.6. The van der Waals surface area contributed by atoms with Gasteiger partial charge in [-0.15, -0.1) is 0 Å². The molecule has 28 heavy (non-hydrogen) atoms. The van der Waals surface area contributed by atoms with Gasteiger partial charge in [-0.25, -0.2) is 14.9 Å². The van der Waals surface area contributed by atoms with E-state index in [4.69, 9.17) is 0 Å². The molecule has 1 aromatic heterocycles. The number of fused-ring (bicyclic) bond motifs is 1. The fourth-order valence-electron chi connectivity index (χ4n) is 3.11. The molecule has 7 nitrogen and oxygen atoms in total. The lowest BCUT2D eigenvalue weighted by atomic mass is 10.1. The molecule has 0 saturated carbocycles. The highest BCUT2D eigenvalue weighted by Gasteiger charge is 2.36. The summed E-state index contributed by atoms with van der Waals surface area (Å²) in [4.78, 5) is 37.1. The van der Waals surface area contributed by atoms with Crippen molar-refractivity contribution in [3.05, 3.63) is 71.5 Å². The number of hydrogen-bond acceptors (Lipinski definition) is 6. The summed E-state index contributed by atoms with van der Waals surface area (Å²) in [6.07, 6.45) is 0. The molecule has 0 atom stereocenters. The smallest absolute Gasteiger partial charge is 0.266 e. The van der Waals surface area contributed by atoms with Crippen LogP contribution in [0.25, 0.3) is 0 Å². The van der Waals surface area contributed by atoms with E-state index in [1.807, 2.05) is 44.1 Å². The summed E-state index contributed by atoms with van der Waals surface area (Å²) in [5, 5.41) is 3.23.